The van der Waals surface area contributed by atoms with Crippen molar-refractivity contribution in [1.29, 1.82) is 0 Å². The van der Waals surface area contributed by atoms with Crippen molar-refractivity contribution in [3.8, 4) is 5.75 Å². The number of benzene rings is 1. The largest absolute Gasteiger partial charge is 0.493 e. The minimum absolute atomic E-state index is 0.164. The third kappa shape index (κ3) is 4.10. The zero-order valence-corrected chi connectivity index (χ0v) is 18.1. The van der Waals surface area contributed by atoms with Crippen molar-refractivity contribution in [2.45, 2.75) is 109 Å². The first-order chi connectivity index (χ1) is 12.8. The fourth-order valence-corrected chi connectivity index (χ4v) is 4.58. The number of fused-ring (bicyclic) bond motifs is 1. The Hall–Kier alpha value is -1.31. The van der Waals surface area contributed by atoms with Gasteiger partial charge < -0.3 is 9.53 Å². The lowest BCUT2D eigenvalue weighted by Crippen LogP contribution is -2.34. The highest BCUT2D eigenvalue weighted by Gasteiger charge is 2.48. The number of ether oxygens (including phenoxy) is 1. The molecule has 0 unspecified atom stereocenters. The van der Waals surface area contributed by atoms with Gasteiger partial charge in [0.05, 0.1) is 12.0 Å². The fraction of sp³-hybridized carbons (Fsp3) is 0.720. The summed E-state index contributed by atoms with van der Waals surface area (Å²) in [6.45, 7) is 12.4. The Kier molecular flexibility index (Phi) is 5.75. The van der Waals surface area contributed by atoms with Gasteiger partial charge in [-0.15, -0.1) is 0 Å². The highest BCUT2D eigenvalue weighted by Crippen LogP contribution is 2.54. The van der Waals surface area contributed by atoms with E-state index in [2.05, 4.69) is 46.8 Å². The van der Waals surface area contributed by atoms with Crippen LogP contribution in [0, 0.1) is 0 Å². The zero-order chi connectivity index (χ0) is 19.7. The molecule has 0 aliphatic heterocycles. The van der Waals surface area contributed by atoms with Gasteiger partial charge in [0.25, 0.3) is 0 Å². The van der Waals surface area contributed by atoms with Crippen LogP contribution in [0.15, 0.2) is 12.1 Å². The van der Waals surface area contributed by atoms with Crippen molar-refractivity contribution < 1.29 is 9.53 Å². The number of rotatable bonds is 9. The van der Waals surface area contributed by atoms with Crippen LogP contribution < -0.4 is 4.74 Å². The molecule has 0 saturated heterocycles. The van der Waals surface area contributed by atoms with Gasteiger partial charge in [-0.3, -0.25) is 0 Å². The van der Waals surface area contributed by atoms with E-state index >= 15 is 0 Å². The first kappa shape index (κ1) is 20.4. The molecule has 27 heavy (non-hydrogen) atoms. The van der Waals surface area contributed by atoms with Crippen molar-refractivity contribution in [2.24, 2.45) is 0 Å². The summed E-state index contributed by atoms with van der Waals surface area (Å²) in [5.74, 6) is 0.972. The average Bonchev–Trinajstić information content (AvgIpc) is 3.43. The maximum absolute atomic E-state index is 11.9. The van der Waals surface area contributed by atoms with Crippen LogP contribution in [0.4, 0.5) is 0 Å². The van der Waals surface area contributed by atoms with E-state index < -0.39 is 0 Å². The SMILES string of the molecule is CCCCCCCOc1cc2c(cc1C1(C=O)CC1)C(C)(C)CCC2(C)C. The summed E-state index contributed by atoms with van der Waals surface area (Å²) in [5, 5.41) is 0. The number of carbonyl (C=O) groups excluding carboxylic acids is 1. The molecule has 1 saturated carbocycles. The van der Waals surface area contributed by atoms with Gasteiger partial charge in [-0.2, -0.15) is 0 Å². The van der Waals surface area contributed by atoms with E-state index in [9.17, 15) is 4.79 Å². The molecule has 2 aliphatic rings. The molecule has 1 fully saturated rings. The lowest BCUT2D eigenvalue weighted by molar-refractivity contribution is -0.109. The van der Waals surface area contributed by atoms with E-state index in [-0.39, 0.29) is 16.2 Å². The molecule has 0 spiro atoms. The van der Waals surface area contributed by atoms with Crippen LogP contribution in [-0.4, -0.2) is 12.9 Å². The van der Waals surface area contributed by atoms with Crippen LogP contribution in [0.3, 0.4) is 0 Å². The zero-order valence-electron chi connectivity index (χ0n) is 18.1. The number of hydrogen-bond acceptors (Lipinski definition) is 2. The van der Waals surface area contributed by atoms with E-state index in [0.717, 1.165) is 37.2 Å². The third-order valence-electron chi connectivity index (χ3n) is 7.01. The van der Waals surface area contributed by atoms with Gasteiger partial charge in [-0.1, -0.05) is 66.4 Å². The van der Waals surface area contributed by atoms with Crippen molar-refractivity contribution in [2.75, 3.05) is 6.61 Å². The van der Waals surface area contributed by atoms with Gasteiger partial charge in [0, 0.05) is 5.56 Å². The first-order valence-electron chi connectivity index (χ1n) is 11.0. The Balaban J connectivity index is 1.90. The van der Waals surface area contributed by atoms with Gasteiger partial charge in [0.15, 0.2) is 0 Å². The third-order valence-corrected chi connectivity index (χ3v) is 7.01. The number of carbonyl (C=O) groups is 1. The Morgan fingerprint density at radius 1 is 0.852 bits per heavy atom. The molecule has 0 amide bonds. The molecule has 0 atom stereocenters. The molecule has 0 aromatic heterocycles. The maximum atomic E-state index is 11.9. The number of aldehydes is 1. The summed E-state index contributed by atoms with van der Waals surface area (Å²) >= 11 is 0. The van der Waals surface area contributed by atoms with Gasteiger partial charge in [0.2, 0.25) is 0 Å². The molecule has 150 valence electrons. The fourth-order valence-electron chi connectivity index (χ4n) is 4.58. The maximum Gasteiger partial charge on any atom is 0.130 e. The van der Waals surface area contributed by atoms with E-state index in [1.54, 1.807) is 0 Å². The molecule has 0 heterocycles. The predicted molar refractivity (Wildman–Crippen MR) is 113 cm³/mol. The Morgan fingerprint density at radius 3 is 2.00 bits per heavy atom. The second-order valence-electron chi connectivity index (χ2n) is 10.2. The first-order valence-corrected chi connectivity index (χ1v) is 11.0. The molecule has 0 radical (unpaired) electrons. The summed E-state index contributed by atoms with van der Waals surface area (Å²) in [5.41, 5.74) is 4.04. The Morgan fingerprint density at radius 2 is 1.44 bits per heavy atom. The molecular formula is C25H38O2. The van der Waals surface area contributed by atoms with Crippen molar-refractivity contribution in [3.63, 3.8) is 0 Å². The second-order valence-corrected chi connectivity index (χ2v) is 10.2. The van der Waals surface area contributed by atoms with Gasteiger partial charge in [0.1, 0.15) is 12.0 Å². The number of unbranched alkanes of at least 4 members (excludes halogenated alkanes) is 4. The normalized spacial score (nSPS) is 21.4. The summed E-state index contributed by atoms with van der Waals surface area (Å²) in [4.78, 5) is 11.9. The molecule has 1 aromatic rings. The van der Waals surface area contributed by atoms with Crippen LogP contribution >= 0.6 is 0 Å². The summed E-state index contributed by atoms with van der Waals surface area (Å²) in [7, 11) is 0. The molecule has 2 heteroatoms. The highest BCUT2D eigenvalue weighted by molar-refractivity contribution is 5.76. The topological polar surface area (TPSA) is 26.3 Å². The summed E-state index contributed by atoms with van der Waals surface area (Å²) in [6.07, 6.45) is 11.7. The second kappa shape index (κ2) is 7.60. The minimum atomic E-state index is -0.287. The smallest absolute Gasteiger partial charge is 0.130 e. The molecule has 1 aromatic carbocycles. The molecule has 2 aliphatic carbocycles. The van der Waals surface area contributed by atoms with Gasteiger partial charge >= 0.3 is 0 Å². The predicted octanol–water partition coefficient (Wildman–Crippen LogP) is 6.62. The highest BCUT2D eigenvalue weighted by atomic mass is 16.5. The van der Waals surface area contributed by atoms with Gasteiger partial charge in [-0.25, -0.2) is 0 Å². The molecule has 0 N–H and O–H groups in total. The van der Waals surface area contributed by atoms with Crippen LogP contribution in [0.5, 0.6) is 5.75 Å². The van der Waals surface area contributed by atoms with Crippen LogP contribution in [0.2, 0.25) is 0 Å². The molecular weight excluding hydrogens is 332 g/mol. The van der Waals surface area contributed by atoms with E-state index in [0.29, 0.717) is 0 Å². The Labute approximate surface area is 166 Å². The summed E-state index contributed by atoms with van der Waals surface area (Å²) < 4.78 is 6.31. The monoisotopic (exact) mass is 370 g/mol. The molecule has 0 bridgehead atoms. The standard InChI is InChI=1S/C25H38O2/c1-6-7-8-9-10-15-27-22-17-20-19(16-21(22)25(18-26)13-14-25)23(2,3)11-12-24(20,4)5/h16-18H,6-15H2,1-5H3. The van der Waals surface area contributed by atoms with Crippen LogP contribution in [0.1, 0.15) is 109 Å². The minimum Gasteiger partial charge on any atom is -0.493 e. The number of hydrogen-bond donors (Lipinski definition) is 0. The van der Waals surface area contributed by atoms with E-state index in [4.69, 9.17) is 4.74 Å². The Bertz CT molecular complexity index is 680. The van der Waals surface area contributed by atoms with Gasteiger partial charge in [-0.05, 0) is 60.1 Å². The van der Waals surface area contributed by atoms with E-state index in [1.165, 1.54) is 55.9 Å². The average molecular weight is 371 g/mol. The molecule has 2 nitrogen and oxygen atoms in total. The van der Waals surface area contributed by atoms with E-state index in [1.807, 2.05) is 0 Å². The van der Waals surface area contributed by atoms with Crippen LogP contribution in [-0.2, 0) is 21.0 Å². The van der Waals surface area contributed by atoms with Crippen molar-refractivity contribution in [3.05, 3.63) is 28.8 Å². The lowest BCUT2D eigenvalue weighted by Gasteiger charge is -2.42. The summed E-state index contributed by atoms with van der Waals surface area (Å²) in [6, 6.07) is 4.63. The quantitative estimate of drug-likeness (QED) is 0.361. The molecule has 3 rings (SSSR count). The van der Waals surface area contributed by atoms with Crippen molar-refractivity contribution >= 4 is 6.29 Å². The lowest BCUT2D eigenvalue weighted by atomic mass is 9.62. The van der Waals surface area contributed by atoms with Crippen molar-refractivity contribution in [1.82, 2.24) is 0 Å². The van der Waals surface area contributed by atoms with Crippen LogP contribution in [0.25, 0.3) is 0 Å².